The van der Waals surface area contributed by atoms with Crippen molar-refractivity contribution in [3.05, 3.63) is 57.9 Å². The van der Waals surface area contributed by atoms with Crippen molar-refractivity contribution in [3.63, 3.8) is 0 Å². The summed E-state index contributed by atoms with van der Waals surface area (Å²) in [5, 5.41) is 14.7. The van der Waals surface area contributed by atoms with E-state index in [1.165, 1.54) is 12.1 Å². The molecule has 5 heteroatoms. The van der Waals surface area contributed by atoms with E-state index < -0.39 is 0 Å². The van der Waals surface area contributed by atoms with Gasteiger partial charge in [0.2, 0.25) is 0 Å². The minimum atomic E-state index is -0.387. The Balaban J connectivity index is 2.00. The molecule has 0 aliphatic heterocycles. The Morgan fingerprint density at radius 3 is 2.53 bits per heavy atom. The second-order valence-corrected chi connectivity index (χ2v) is 3.87. The predicted octanol–water partition coefficient (Wildman–Crippen LogP) is 2.34. The van der Waals surface area contributed by atoms with E-state index in [9.17, 15) is 10.1 Å². The molecule has 5 nitrogen and oxygen atoms in total. The zero-order valence-corrected chi connectivity index (χ0v) is 9.54. The van der Waals surface area contributed by atoms with Crippen molar-refractivity contribution in [1.29, 1.82) is 0 Å². The fraction of sp³-hybridized carbons (Fsp3) is 0.250. The Morgan fingerprint density at radius 1 is 1.29 bits per heavy atom. The molecule has 0 fully saturated rings. The standard InChI is InChI=1S/C12H13N3O2/c1-10-6-8-13-14(10)9-7-11-2-4-12(5-3-11)15(16)17/h2-6,8H,7,9H2,1H3. The normalized spacial score (nSPS) is 10.4. The summed E-state index contributed by atoms with van der Waals surface area (Å²) in [5.41, 5.74) is 2.32. The molecule has 0 unspecified atom stereocenters. The van der Waals surface area contributed by atoms with Crippen LogP contribution in [0, 0.1) is 17.0 Å². The van der Waals surface area contributed by atoms with Crippen LogP contribution < -0.4 is 0 Å². The molecule has 1 aromatic carbocycles. The van der Waals surface area contributed by atoms with E-state index in [1.54, 1.807) is 18.3 Å². The number of rotatable bonds is 4. The number of nitro groups is 1. The Morgan fingerprint density at radius 2 is 2.00 bits per heavy atom. The van der Waals surface area contributed by atoms with Crippen LogP contribution >= 0.6 is 0 Å². The zero-order valence-electron chi connectivity index (χ0n) is 9.54. The molecule has 2 aromatic rings. The van der Waals surface area contributed by atoms with Crippen LogP contribution in [0.3, 0.4) is 0 Å². The van der Waals surface area contributed by atoms with Crippen LogP contribution in [0.2, 0.25) is 0 Å². The molecule has 17 heavy (non-hydrogen) atoms. The first-order chi connectivity index (χ1) is 8.16. The van der Waals surface area contributed by atoms with E-state index in [0.29, 0.717) is 0 Å². The minimum Gasteiger partial charge on any atom is -0.270 e. The van der Waals surface area contributed by atoms with Crippen LogP contribution in [0.15, 0.2) is 36.5 Å². The molecule has 1 heterocycles. The molecule has 1 aromatic heterocycles. The highest BCUT2D eigenvalue weighted by atomic mass is 16.6. The highest BCUT2D eigenvalue weighted by Crippen LogP contribution is 2.12. The minimum absolute atomic E-state index is 0.129. The third kappa shape index (κ3) is 2.69. The molecule has 0 radical (unpaired) electrons. The molecular formula is C12H13N3O2. The maximum absolute atomic E-state index is 10.5. The van der Waals surface area contributed by atoms with E-state index in [4.69, 9.17) is 0 Å². The lowest BCUT2D eigenvalue weighted by molar-refractivity contribution is -0.384. The molecule has 0 atom stereocenters. The summed E-state index contributed by atoms with van der Waals surface area (Å²) in [6, 6.07) is 8.60. The number of hydrogen-bond acceptors (Lipinski definition) is 3. The molecule has 0 aliphatic rings. The largest absolute Gasteiger partial charge is 0.270 e. The van der Waals surface area contributed by atoms with Gasteiger partial charge >= 0.3 is 0 Å². The van der Waals surface area contributed by atoms with Crippen molar-refractivity contribution >= 4 is 5.69 Å². The lowest BCUT2D eigenvalue weighted by Crippen LogP contribution is -2.04. The molecular weight excluding hydrogens is 218 g/mol. The molecule has 88 valence electrons. The number of non-ortho nitro benzene ring substituents is 1. The summed E-state index contributed by atoms with van der Waals surface area (Å²) >= 11 is 0. The fourth-order valence-electron chi connectivity index (χ4n) is 1.65. The molecule has 0 spiro atoms. The molecule has 0 saturated carbocycles. The van der Waals surface area contributed by atoms with E-state index in [2.05, 4.69) is 5.10 Å². The van der Waals surface area contributed by atoms with Crippen LogP contribution in [-0.2, 0) is 13.0 Å². The Kier molecular flexibility index (Phi) is 3.18. The van der Waals surface area contributed by atoms with Gasteiger partial charge < -0.3 is 0 Å². The van der Waals surface area contributed by atoms with Crippen molar-refractivity contribution < 1.29 is 4.92 Å². The number of benzene rings is 1. The molecule has 0 aliphatic carbocycles. The van der Waals surface area contributed by atoms with Crippen LogP contribution in [0.4, 0.5) is 5.69 Å². The smallest absolute Gasteiger partial charge is 0.269 e. The van der Waals surface area contributed by atoms with Crippen molar-refractivity contribution in [2.24, 2.45) is 0 Å². The van der Waals surface area contributed by atoms with Crippen LogP contribution in [0.25, 0.3) is 0 Å². The van der Waals surface area contributed by atoms with E-state index in [-0.39, 0.29) is 10.6 Å². The number of nitro benzene ring substituents is 1. The lowest BCUT2D eigenvalue weighted by atomic mass is 10.1. The van der Waals surface area contributed by atoms with Gasteiger partial charge in [-0.25, -0.2) is 0 Å². The summed E-state index contributed by atoms with van der Waals surface area (Å²) < 4.78 is 1.92. The second-order valence-electron chi connectivity index (χ2n) is 3.87. The Labute approximate surface area is 98.8 Å². The maximum Gasteiger partial charge on any atom is 0.269 e. The van der Waals surface area contributed by atoms with Gasteiger partial charge in [0.15, 0.2) is 0 Å². The van der Waals surface area contributed by atoms with Crippen molar-refractivity contribution in [1.82, 2.24) is 9.78 Å². The topological polar surface area (TPSA) is 61.0 Å². The van der Waals surface area contributed by atoms with Gasteiger partial charge in [-0.2, -0.15) is 5.10 Å². The lowest BCUT2D eigenvalue weighted by Gasteiger charge is -2.04. The number of aromatic nitrogens is 2. The SMILES string of the molecule is Cc1ccnn1CCc1ccc([N+](=O)[O-])cc1. The summed E-state index contributed by atoms with van der Waals surface area (Å²) in [6.07, 6.45) is 2.59. The van der Waals surface area contributed by atoms with Crippen molar-refractivity contribution in [2.75, 3.05) is 0 Å². The first-order valence-electron chi connectivity index (χ1n) is 5.38. The van der Waals surface area contributed by atoms with E-state index in [0.717, 1.165) is 24.2 Å². The van der Waals surface area contributed by atoms with Gasteiger partial charge in [-0.15, -0.1) is 0 Å². The maximum atomic E-state index is 10.5. The van der Waals surface area contributed by atoms with Crippen molar-refractivity contribution in [2.45, 2.75) is 19.9 Å². The van der Waals surface area contributed by atoms with Gasteiger partial charge in [0.1, 0.15) is 0 Å². The van der Waals surface area contributed by atoms with Crippen LogP contribution in [0.1, 0.15) is 11.3 Å². The molecule has 0 saturated heterocycles. The highest BCUT2D eigenvalue weighted by Gasteiger charge is 2.04. The quantitative estimate of drug-likeness (QED) is 0.599. The predicted molar refractivity (Wildman–Crippen MR) is 63.8 cm³/mol. The third-order valence-electron chi connectivity index (χ3n) is 2.69. The molecule has 0 bridgehead atoms. The van der Waals surface area contributed by atoms with Gasteiger partial charge in [0.05, 0.1) is 4.92 Å². The van der Waals surface area contributed by atoms with Gasteiger partial charge in [0, 0.05) is 30.6 Å². The van der Waals surface area contributed by atoms with Crippen LogP contribution in [0.5, 0.6) is 0 Å². The molecule has 0 amide bonds. The zero-order chi connectivity index (χ0) is 12.3. The summed E-state index contributed by atoms with van der Waals surface area (Å²) in [5.74, 6) is 0. The highest BCUT2D eigenvalue weighted by molar-refractivity contribution is 5.32. The van der Waals surface area contributed by atoms with E-state index >= 15 is 0 Å². The van der Waals surface area contributed by atoms with Crippen molar-refractivity contribution in [3.8, 4) is 0 Å². The number of nitrogens with zero attached hydrogens (tertiary/aromatic N) is 3. The van der Waals surface area contributed by atoms with Gasteiger partial charge in [0.25, 0.3) is 5.69 Å². The summed E-state index contributed by atoms with van der Waals surface area (Å²) in [4.78, 5) is 10.1. The molecule has 0 N–H and O–H groups in total. The van der Waals surface area contributed by atoms with E-state index in [1.807, 2.05) is 17.7 Å². The average Bonchev–Trinajstić information content (AvgIpc) is 2.73. The van der Waals surface area contributed by atoms with Gasteiger partial charge in [-0.1, -0.05) is 12.1 Å². The first-order valence-corrected chi connectivity index (χ1v) is 5.38. The van der Waals surface area contributed by atoms with Crippen LogP contribution in [-0.4, -0.2) is 14.7 Å². The number of aryl methyl sites for hydroxylation is 3. The Bertz CT molecular complexity index is 517. The third-order valence-corrected chi connectivity index (χ3v) is 2.69. The Hall–Kier alpha value is -2.17. The monoisotopic (exact) mass is 231 g/mol. The fourth-order valence-corrected chi connectivity index (χ4v) is 1.65. The van der Waals surface area contributed by atoms with Gasteiger partial charge in [-0.05, 0) is 25.0 Å². The number of hydrogen-bond donors (Lipinski definition) is 0. The summed E-state index contributed by atoms with van der Waals surface area (Å²) in [6.45, 7) is 2.79. The summed E-state index contributed by atoms with van der Waals surface area (Å²) in [7, 11) is 0. The first kappa shape index (κ1) is 11.3. The second kappa shape index (κ2) is 4.78. The molecule has 2 rings (SSSR count). The van der Waals surface area contributed by atoms with Gasteiger partial charge in [-0.3, -0.25) is 14.8 Å². The average molecular weight is 231 g/mol.